The van der Waals surface area contributed by atoms with Crippen molar-refractivity contribution >= 4 is 10.0 Å². The lowest BCUT2D eigenvalue weighted by molar-refractivity contribution is 0.213. The summed E-state index contributed by atoms with van der Waals surface area (Å²) >= 11 is 0. The summed E-state index contributed by atoms with van der Waals surface area (Å²) in [6.07, 6.45) is 1.51. The number of aliphatic hydroxyl groups excluding tert-OH is 1. The molecule has 1 saturated heterocycles. The summed E-state index contributed by atoms with van der Waals surface area (Å²) in [7, 11) is -3.51. The number of rotatable bonds is 5. The molecule has 1 heterocycles. The molecule has 0 bridgehead atoms. The van der Waals surface area contributed by atoms with Crippen LogP contribution in [0.25, 0.3) is 0 Å². The van der Waals surface area contributed by atoms with Crippen molar-refractivity contribution in [2.75, 3.05) is 19.8 Å². The van der Waals surface area contributed by atoms with Crippen molar-refractivity contribution in [3.63, 3.8) is 0 Å². The average Bonchev–Trinajstić information content (AvgIpc) is 2.89. The lowest BCUT2D eigenvalue weighted by Crippen LogP contribution is -2.37. The minimum Gasteiger partial charge on any atom is -0.494 e. The van der Waals surface area contributed by atoms with Gasteiger partial charge in [-0.15, -0.1) is 0 Å². The van der Waals surface area contributed by atoms with Gasteiger partial charge in [-0.2, -0.15) is 4.31 Å². The van der Waals surface area contributed by atoms with E-state index >= 15 is 0 Å². The van der Waals surface area contributed by atoms with Gasteiger partial charge in [-0.3, -0.25) is 0 Å². The van der Waals surface area contributed by atoms with Crippen molar-refractivity contribution in [1.29, 1.82) is 0 Å². The smallest absolute Gasteiger partial charge is 0.243 e. The summed E-state index contributed by atoms with van der Waals surface area (Å²) in [6.45, 7) is 2.77. The maximum atomic E-state index is 12.4. The predicted molar refractivity (Wildman–Crippen MR) is 71.6 cm³/mol. The van der Waals surface area contributed by atoms with Crippen LogP contribution in [-0.2, 0) is 10.0 Å². The highest BCUT2D eigenvalue weighted by atomic mass is 32.2. The van der Waals surface area contributed by atoms with Crippen LogP contribution in [-0.4, -0.2) is 43.6 Å². The molecule has 0 saturated carbocycles. The second-order valence-corrected chi connectivity index (χ2v) is 6.39. The average molecular weight is 285 g/mol. The largest absolute Gasteiger partial charge is 0.494 e. The minimum atomic E-state index is -3.51. The standard InChI is InChI=1S/C13H19NO4S/c1-2-18-12-5-7-13(8-6-12)19(16,17)14-9-3-4-11(14)10-15/h5-8,11,15H,2-4,9-10H2,1H3/t11-/m0/s1. The topological polar surface area (TPSA) is 66.8 Å². The Morgan fingerprint density at radius 3 is 2.63 bits per heavy atom. The lowest BCUT2D eigenvalue weighted by Gasteiger charge is -2.22. The first-order valence-electron chi connectivity index (χ1n) is 6.45. The molecule has 0 aliphatic carbocycles. The zero-order chi connectivity index (χ0) is 13.9. The molecule has 5 nitrogen and oxygen atoms in total. The first-order valence-corrected chi connectivity index (χ1v) is 7.89. The van der Waals surface area contributed by atoms with Gasteiger partial charge < -0.3 is 9.84 Å². The number of benzene rings is 1. The third kappa shape index (κ3) is 2.91. The second kappa shape index (κ2) is 5.90. The summed E-state index contributed by atoms with van der Waals surface area (Å²) in [5.41, 5.74) is 0. The fourth-order valence-electron chi connectivity index (χ4n) is 2.32. The van der Waals surface area contributed by atoms with Gasteiger partial charge in [0, 0.05) is 12.6 Å². The van der Waals surface area contributed by atoms with Crippen LogP contribution in [0.15, 0.2) is 29.2 Å². The normalized spacial score (nSPS) is 20.6. The Morgan fingerprint density at radius 1 is 1.37 bits per heavy atom. The number of aliphatic hydroxyl groups is 1. The molecule has 0 unspecified atom stereocenters. The van der Waals surface area contributed by atoms with Crippen LogP contribution in [0.5, 0.6) is 5.75 Å². The first-order chi connectivity index (χ1) is 9.09. The number of nitrogens with zero attached hydrogens (tertiary/aromatic N) is 1. The monoisotopic (exact) mass is 285 g/mol. The molecule has 0 radical (unpaired) electrons. The zero-order valence-corrected chi connectivity index (χ0v) is 11.8. The number of hydrogen-bond acceptors (Lipinski definition) is 4. The summed E-state index contributed by atoms with van der Waals surface area (Å²) in [6, 6.07) is 6.11. The predicted octanol–water partition coefficient (Wildman–Crippen LogP) is 1.23. The van der Waals surface area contributed by atoms with E-state index in [0.717, 1.165) is 6.42 Å². The summed E-state index contributed by atoms with van der Waals surface area (Å²) < 4.78 is 31.6. The van der Waals surface area contributed by atoms with Crippen molar-refractivity contribution in [3.8, 4) is 5.75 Å². The Morgan fingerprint density at radius 2 is 2.05 bits per heavy atom. The van der Waals surface area contributed by atoms with Crippen LogP contribution < -0.4 is 4.74 Å². The van der Waals surface area contributed by atoms with E-state index in [1.807, 2.05) is 6.92 Å². The van der Waals surface area contributed by atoms with Crippen molar-refractivity contribution < 1.29 is 18.3 Å². The Bertz CT molecular complexity index is 512. The fourth-order valence-corrected chi connectivity index (χ4v) is 4.00. The highest BCUT2D eigenvalue weighted by molar-refractivity contribution is 7.89. The SMILES string of the molecule is CCOc1ccc(S(=O)(=O)N2CCC[C@H]2CO)cc1. The van der Waals surface area contributed by atoms with Crippen molar-refractivity contribution in [2.45, 2.75) is 30.7 Å². The molecule has 0 amide bonds. The third-order valence-corrected chi connectivity index (χ3v) is 5.24. The zero-order valence-electron chi connectivity index (χ0n) is 10.9. The molecule has 1 atom stereocenters. The lowest BCUT2D eigenvalue weighted by atomic mass is 10.2. The Labute approximate surface area is 113 Å². The van der Waals surface area contributed by atoms with Gasteiger partial charge >= 0.3 is 0 Å². The molecule has 1 aromatic carbocycles. The number of ether oxygens (including phenoxy) is 1. The Kier molecular flexibility index (Phi) is 4.44. The molecular formula is C13H19NO4S. The van der Waals surface area contributed by atoms with E-state index in [-0.39, 0.29) is 17.5 Å². The molecule has 1 fully saturated rings. The first kappa shape index (κ1) is 14.3. The van der Waals surface area contributed by atoms with Gasteiger partial charge in [0.25, 0.3) is 0 Å². The quantitative estimate of drug-likeness (QED) is 0.883. The van der Waals surface area contributed by atoms with E-state index in [2.05, 4.69) is 0 Å². The molecule has 19 heavy (non-hydrogen) atoms. The minimum absolute atomic E-state index is 0.129. The van der Waals surface area contributed by atoms with Gasteiger partial charge in [-0.1, -0.05) is 0 Å². The van der Waals surface area contributed by atoms with Gasteiger partial charge in [-0.25, -0.2) is 8.42 Å². The Hall–Kier alpha value is -1.11. The molecule has 0 aromatic heterocycles. The van der Waals surface area contributed by atoms with Crippen LogP contribution in [0.2, 0.25) is 0 Å². The molecule has 6 heteroatoms. The molecule has 0 spiro atoms. The number of hydrogen-bond donors (Lipinski definition) is 1. The molecule has 2 rings (SSSR count). The highest BCUT2D eigenvalue weighted by Gasteiger charge is 2.34. The van der Waals surface area contributed by atoms with Gasteiger partial charge in [0.05, 0.1) is 18.1 Å². The van der Waals surface area contributed by atoms with Crippen molar-refractivity contribution in [1.82, 2.24) is 4.31 Å². The molecule has 1 aliphatic rings. The molecular weight excluding hydrogens is 266 g/mol. The fraction of sp³-hybridized carbons (Fsp3) is 0.538. The van der Waals surface area contributed by atoms with E-state index in [0.29, 0.717) is 25.3 Å². The van der Waals surface area contributed by atoms with Crippen LogP contribution in [0.4, 0.5) is 0 Å². The third-order valence-electron chi connectivity index (χ3n) is 3.28. The van der Waals surface area contributed by atoms with Crippen LogP contribution in [0.3, 0.4) is 0 Å². The van der Waals surface area contributed by atoms with Crippen LogP contribution >= 0.6 is 0 Å². The maximum Gasteiger partial charge on any atom is 0.243 e. The summed E-state index contributed by atoms with van der Waals surface area (Å²) in [5, 5.41) is 9.23. The van der Waals surface area contributed by atoms with Crippen molar-refractivity contribution in [3.05, 3.63) is 24.3 Å². The summed E-state index contributed by atoms with van der Waals surface area (Å²) in [5.74, 6) is 0.654. The highest BCUT2D eigenvalue weighted by Crippen LogP contribution is 2.26. The van der Waals surface area contributed by atoms with E-state index in [1.165, 1.54) is 4.31 Å². The molecule has 1 aliphatic heterocycles. The van der Waals surface area contributed by atoms with Gasteiger partial charge in [0.2, 0.25) is 10.0 Å². The van der Waals surface area contributed by atoms with E-state index in [9.17, 15) is 13.5 Å². The molecule has 1 aromatic rings. The second-order valence-electron chi connectivity index (χ2n) is 4.50. The van der Waals surface area contributed by atoms with Gasteiger partial charge in [0.1, 0.15) is 5.75 Å². The van der Waals surface area contributed by atoms with Gasteiger partial charge in [-0.05, 0) is 44.0 Å². The summed E-state index contributed by atoms with van der Waals surface area (Å²) in [4.78, 5) is 0.247. The Balaban J connectivity index is 2.24. The van der Waals surface area contributed by atoms with E-state index in [4.69, 9.17) is 4.74 Å². The number of sulfonamides is 1. The molecule has 1 N–H and O–H groups in total. The van der Waals surface area contributed by atoms with Crippen LogP contribution in [0, 0.1) is 0 Å². The van der Waals surface area contributed by atoms with Gasteiger partial charge in [0.15, 0.2) is 0 Å². The van der Waals surface area contributed by atoms with Crippen LogP contribution in [0.1, 0.15) is 19.8 Å². The maximum absolute atomic E-state index is 12.4. The molecule has 106 valence electrons. The van der Waals surface area contributed by atoms with Crippen molar-refractivity contribution in [2.24, 2.45) is 0 Å². The van der Waals surface area contributed by atoms with E-state index < -0.39 is 10.0 Å². The van der Waals surface area contributed by atoms with E-state index in [1.54, 1.807) is 24.3 Å².